The molecule has 2 amide bonds. The van der Waals surface area contributed by atoms with Gasteiger partial charge >= 0.3 is 0 Å². The van der Waals surface area contributed by atoms with Crippen LogP contribution in [0, 0.1) is 20.8 Å². The Hall–Kier alpha value is -2.88. The molecule has 0 saturated carbocycles. The summed E-state index contributed by atoms with van der Waals surface area (Å²) >= 11 is 0. The van der Waals surface area contributed by atoms with Crippen molar-refractivity contribution in [2.45, 2.75) is 27.7 Å². The summed E-state index contributed by atoms with van der Waals surface area (Å²) in [6, 6.07) is 13.5. The van der Waals surface area contributed by atoms with Crippen molar-refractivity contribution in [1.82, 2.24) is 5.32 Å². The molecule has 0 atom stereocenters. The van der Waals surface area contributed by atoms with Gasteiger partial charge in [0.1, 0.15) is 5.70 Å². The second kappa shape index (κ2) is 7.59. The first-order valence-electron chi connectivity index (χ1n) is 7.79. The molecule has 0 aliphatic carbocycles. The SMILES string of the molecule is CC(=O)N/C(=C\c1ccccc1C)C(=O)Nc1cc(C)cc(C)c1. The van der Waals surface area contributed by atoms with Crippen LogP contribution in [0.3, 0.4) is 0 Å². The third-order valence-electron chi connectivity index (χ3n) is 3.52. The lowest BCUT2D eigenvalue weighted by molar-refractivity contribution is -0.120. The molecule has 0 saturated heterocycles. The highest BCUT2D eigenvalue weighted by atomic mass is 16.2. The first-order chi connectivity index (χ1) is 11.3. The zero-order valence-electron chi connectivity index (χ0n) is 14.4. The van der Waals surface area contributed by atoms with Crippen LogP contribution in [0.2, 0.25) is 0 Å². The summed E-state index contributed by atoms with van der Waals surface area (Å²) in [7, 11) is 0. The molecule has 0 radical (unpaired) electrons. The van der Waals surface area contributed by atoms with Crippen molar-refractivity contribution in [3.63, 3.8) is 0 Å². The molecule has 4 nitrogen and oxygen atoms in total. The van der Waals surface area contributed by atoms with E-state index in [1.807, 2.05) is 63.2 Å². The summed E-state index contributed by atoms with van der Waals surface area (Å²) in [6.07, 6.45) is 1.69. The number of anilines is 1. The molecule has 0 bridgehead atoms. The number of amides is 2. The second-order valence-corrected chi connectivity index (χ2v) is 5.93. The fraction of sp³-hybridized carbons (Fsp3) is 0.200. The Morgan fingerprint density at radius 2 is 1.58 bits per heavy atom. The Balaban J connectivity index is 2.32. The number of aryl methyl sites for hydroxylation is 3. The van der Waals surface area contributed by atoms with E-state index in [9.17, 15) is 9.59 Å². The van der Waals surface area contributed by atoms with Gasteiger partial charge in [-0.15, -0.1) is 0 Å². The van der Waals surface area contributed by atoms with Gasteiger partial charge in [-0.25, -0.2) is 0 Å². The third kappa shape index (κ3) is 4.81. The molecule has 2 aromatic rings. The van der Waals surface area contributed by atoms with Crippen molar-refractivity contribution in [1.29, 1.82) is 0 Å². The fourth-order valence-electron chi connectivity index (χ4n) is 2.50. The third-order valence-corrected chi connectivity index (χ3v) is 3.52. The quantitative estimate of drug-likeness (QED) is 0.843. The molecule has 4 heteroatoms. The van der Waals surface area contributed by atoms with Gasteiger partial charge in [-0.3, -0.25) is 9.59 Å². The van der Waals surface area contributed by atoms with Crippen LogP contribution in [-0.2, 0) is 9.59 Å². The fourth-order valence-corrected chi connectivity index (χ4v) is 2.50. The summed E-state index contributed by atoms with van der Waals surface area (Å²) in [5.41, 5.74) is 4.97. The minimum atomic E-state index is -0.349. The highest BCUT2D eigenvalue weighted by Gasteiger charge is 2.12. The van der Waals surface area contributed by atoms with E-state index in [0.717, 1.165) is 22.3 Å². The lowest BCUT2D eigenvalue weighted by atomic mass is 10.1. The summed E-state index contributed by atoms with van der Waals surface area (Å²) in [6.45, 7) is 7.29. The van der Waals surface area contributed by atoms with E-state index < -0.39 is 0 Å². The number of carbonyl (C=O) groups is 2. The molecule has 0 unspecified atom stereocenters. The Morgan fingerprint density at radius 1 is 0.958 bits per heavy atom. The average Bonchev–Trinajstić information content (AvgIpc) is 2.47. The molecule has 0 aromatic heterocycles. The van der Waals surface area contributed by atoms with E-state index in [1.54, 1.807) is 6.08 Å². The molecule has 124 valence electrons. The summed E-state index contributed by atoms with van der Waals surface area (Å²) < 4.78 is 0. The van der Waals surface area contributed by atoms with E-state index in [4.69, 9.17) is 0 Å². The lowest BCUT2D eigenvalue weighted by Crippen LogP contribution is -2.29. The van der Waals surface area contributed by atoms with Crippen LogP contribution in [0.15, 0.2) is 48.2 Å². The van der Waals surface area contributed by atoms with Crippen LogP contribution in [0.4, 0.5) is 5.69 Å². The Bertz CT molecular complexity index is 787. The van der Waals surface area contributed by atoms with Crippen LogP contribution < -0.4 is 10.6 Å². The van der Waals surface area contributed by atoms with Crippen molar-refractivity contribution in [2.75, 3.05) is 5.32 Å². The molecule has 2 rings (SSSR count). The van der Waals surface area contributed by atoms with E-state index in [-0.39, 0.29) is 17.5 Å². The molecule has 0 aliphatic rings. The Kier molecular flexibility index (Phi) is 5.53. The van der Waals surface area contributed by atoms with Crippen molar-refractivity contribution < 1.29 is 9.59 Å². The number of carbonyl (C=O) groups excluding carboxylic acids is 2. The average molecular weight is 322 g/mol. The minimum absolute atomic E-state index is 0.218. The van der Waals surface area contributed by atoms with Crippen molar-refractivity contribution in [3.05, 3.63) is 70.4 Å². The molecule has 2 aromatic carbocycles. The minimum Gasteiger partial charge on any atom is -0.322 e. The van der Waals surface area contributed by atoms with Crippen LogP contribution in [0.25, 0.3) is 6.08 Å². The van der Waals surface area contributed by atoms with Gasteiger partial charge in [-0.1, -0.05) is 30.3 Å². The number of rotatable bonds is 4. The summed E-state index contributed by atoms with van der Waals surface area (Å²) in [4.78, 5) is 24.1. The molecule has 2 N–H and O–H groups in total. The molecule has 24 heavy (non-hydrogen) atoms. The number of hydrogen-bond donors (Lipinski definition) is 2. The number of nitrogens with one attached hydrogen (secondary N) is 2. The van der Waals surface area contributed by atoms with Gasteiger partial charge in [-0.2, -0.15) is 0 Å². The van der Waals surface area contributed by atoms with Gasteiger partial charge in [0.25, 0.3) is 5.91 Å². The maximum Gasteiger partial charge on any atom is 0.272 e. The monoisotopic (exact) mass is 322 g/mol. The molecule has 0 fully saturated rings. The maximum atomic E-state index is 12.6. The molecular formula is C20H22N2O2. The number of hydrogen-bond acceptors (Lipinski definition) is 2. The smallest absolute Gasteiger partial charge is 0.272 e. The maximum absolute atomic E-state index is 12.6. The van der Waals surface area contributed by atoms with Crippen LogP contribution in [0.5, 0.6) is 0 Å². The number of benzene rings is 2. The predicted molar refractivity (Wildman–Crippen MR) is 97.5 cm³/mol. The normalized spacial score (nSPS) is 11.1. The Morgan fingerprint density at radius 3 is 2.17 bits per heavy atom. The topological polar surface area (TPSA) is 58.2 Å². The first-order valence-corrected chi connectivity index (χ1v) is 7.79. The Labute approximate surface area is 142 Å². The van der Waals surface area contributed by atoms with Gasteiger partial charge in [0.2, 0.25) is 5.91 Å². The van der Waals surface area contributed by atoms with Crippen LogP contribution in [-0.4, -0.2) is 11.8 Å². The zero-order valence-corrected chi connectivity index (χ0v) is 14.4. The van der Waals surface area contributed by atoms with Gasteiger partial charge in [0.05, 0.1) is 0 Å². The predicted octanol–water partition coefficient (Wildman–Crippen LogP) is 3.73. The van der Waals surface area contributed by atoms with E-state index >= 15 is 0 Å². The van der Waals surface area contributed by atoms with Gasteiger partial charge in [0, 0.05) is 12.6 Å². The van der Waals surface area contributed by atoms with E-state index in [1.165, 1.54) is 6.92 Å². The van der Waals surface area contributed by atoms with Crippen LogP contribution in [0.1, 0.15) is 29.2 Å². The molecule has 0 heterocycles. The summed E-state index contributed by atoms with van der Waals surface area (Å²) in [5.74, 6) is -0.635. The van der Waals surface area contributed by atoms with Gasteiger partial charge in [0.15, 0.2) is 0 Å². The van der Waals surface area contributed by atoms with Crippen LogP contribution >= 0.6 is 0 Å². The second-order valence-electron chi connectivity index (χ2n) is 5.93. The standard InChI is InChI=1S/C20H22N2O2/c1-13-9-14(2)11-18(10-13)22-20(24)19(21-16(4)23)12-17-8-6-5-7-15(17)3/h5-12H,1-4H3,(H,21,23)(H,22,24)/b19-12-. The highest BCUT2D eigenvalue weighted by molar-refractivity contribution is 6.08. The zero-order chi connectivity index (χ0) is 17.7. The van der Waals surface area contributed by atoms with Crippen molar-refractivity contribution >= 4 is 23.6 Å². The highest BCUT2D eigenvalue weighted by Crippen LogP contribution is 2.16. The van der Waals surface area contributed by atoms with E-state index in [2.05, 4.69) is 10.6 Å². The first kappa shape index (κ1) is 17.5. The molecular weight excluding hydrogens is 300 g/mol. The van der Waals surface area contributed by atoms with Gasteiger partial charge in [-0.05, 0) is 61.2 Å². The lowest BCUT2D eigenvalue weighted by Gasteiger charge is -2.11. The largest absolute Gasteiger partial charge is 0.322 e. The summed E-state index contributed by atoms with van der Waals surface area (Å²) in [5, 5.41) is 5.46. The molecule has 0 aliphatic heterocycles. The van der Waals surface area contributed by atoms with Crippen molar-refractivity contribution in [2.24, 2.45) is 0 Å². The van der Waals surface area contributed by atoms with E-state index in [0.29, 0.717) is 5.69 Å². The van der Waals surface area contributed by atoms with Gasteiger partial charge < -0.3 is 10.6 Å². The molecule has 0 spiro atoms. The van der Waals surface area contributed by atoms with Crippen molar-refractivity contribution in [3.8, 4) is 0 Å².